The third-order valence-corrected chi connectivity index (χ3v) is 7.70. The number of carbonyl (C=O) groups is 1. The number of amides is 1. The minimum atomic E-state index is -1.49. The number of methoxy groups -OCH3 is 1. The predicted octanol–water partition coefficient (Wildman–Crippen LogP) is 1.20. The molecular weight excluding hydrogens is 476 g/mol. The smallest absolute Gasteiger partial charge is 0.253 e. The summed E-state index contributed by atoms with van der Waals surface area (Å²) in [7, 11) is 1.57. The molecule has 2 aliphatic rings. The number of rotatable bonds is 8. The first-order chi connectivity index (χ1) is 17.6. The molecule has 0 spiro atoms. The van der Waals surface area contributed by atoms with E-state index in [9.17, 15) is 25.4 Å². The zero-order chi connectivity index (χ0) is 26.9. The lowest BCUT2D eigenvalue weighted by atomic mass is 9.72. The van der Waals surface area contributed by atoms with Gasteiger partial charge >= 0.3 is 0 Å². The van der Waals surface area contributed by atoms with Gasteiger partial charge in [-0.3, -0.25) is 4.79 Å². The molecule has 2 aliphatic heterocycles. The first-order valence-corrected chi connectivity index (χ1v) is 12.3. The van der Waals surface area contributed by atoms with Crippen LogP contribution >= 0.6 is 0 Å². The number of hydrogen-bond acceptors (Lipinski definition) is 9. The van der Waals surface area contributed by atoms with Crippen LogP contribution < -0.4 is 14.4 Å². The van der Waals surface area contributed by atoms with Crippen molar-refractivity contribution in [3.05, 3.63) is 47.2 Å². The fourth-order valence-corrected chi connectivity index (χ4v) is 5.07. The summed E-state index contributed by atoms with van der Waals surface area (Å²) in [4.78, 5) is 20.6. The lowest BCUT2D eigenvalue weighted by Gasteiger charge is -2.40. The number of aromatic nitrogens is 1. The van der Waals surface area contributed by atoms with E-state index in [4.69, 9.17) is 9.47 Å². The molecule has 0 aliphatic carbocycles. The molecule has 2 aromatic rings. The van der Waals surface area contributed by atoms with Gasteiger partial charge < -0.3 is 34.6 Å². The third-order valence-electron chi connectivity index (χ3n) is 7.70. The second-order valence-electron chi connectivity index (χ2n) is 10.2. The van der Waals surface area contributed by atoms with E-state index in [0.29, 0.717) is 36.8 Å². The van der Waals surface area contributed by atoms with Gasteiger partial charge in [0.2, 0.25) is 0 Å². The Labute approximate surface area is 216 Å². The van der Waals surface area contributed by atoms with Crippen molar-refractivity contribution in [3.8, 4) is 17.6 Å². The van der Waals surface area contributed by atoms with E-state index in [0.717, 1.165) is 16.9 Å². The third kappa shape index (κ3) is 5.07. The Balaban J connectivity index is 1.52. The van der Waals surface area contributed by atoms with Crippen LogP contribution in [0.1, 0.15) is 36.6 Å². The Morgan fingerprint density at radius 2 is 1.97 bits per heavy atom. The van der Waals surface area contributed by atoms with Gasteiger partial charge in [-0.1, -0.05) is 19.1 Å². The Kier molecular flexibility index (Phi) is 7.59. The Hall–Kier alpha value is -3.39. The average Bonchev–Trinajstić information content (AvgIpc) is 3.24. The van der Waals surface area contributed by atoms with Gasteiger partial charge in [0.05, 0.1) is 32.9 Å². The van der Waals surface area contributed by atoms with Gasteiger partial charge in [-0.05, 0) is 43.2 Å². The summed E-state index contributed by atoms with van der Waals surface area (Å²) in [5.74, 6) is 1.08. The molecule has 2 unspecified atom stereocenters. The molecule has 1 aromatic heterocycles. The van der Waals surface area contributed by atoms with Crippen molar-refractivity contribution >= 4 is 11.7 Å². The second-order valence-corrected chi connectivity index (χ2v) is 10.2. The van der Waals surface area contributed by atoms with Crippen molar-refractivity contribution in [1.82, 2.24) is 9.88 Å². The number of likely N-dealkylation sites (tertiary alicyclic amines) is 1. The molecule has 4 rings (SSSR count). The molecule has 2 saturated heterocycles. The zero-order valence-corrected chi connectivity index (χ0v) is 21.6. The van der Waals surface area contributed by atoms with Crippen molar-refractivity contribution in [1.29, 1.82) is 5.26 Å². The van der Waals surface area contributed by atoms with Crippen LogP contribution in [0, 0.1) is 23.7 Å². The fraction of sp³-hybridized carbons (Fsp3) is 0.519. The Morgan fingerprint density at radius 1 is 1.24 bits per heavy atom. The lowest BCUT2D eigenvalue weighted by molar-refractivity contribution is -0.141. The normalized spacial score (nSPS) is 23.2. The highest BCUT2D eigenvalue weighted by Gasteiger charge is 2.49. The van der Waals surface area contributed by atoms with Crippen LogP contribution in [0.25, 0.3) is 0 Å². The summed E-state index contributed by atoms with van der Waals surface area (Å²) in [6.45, 7) is 6.56. The van der Waals surface area contributed by atoms with E-state index >= 15 is 0 Å². The van der Waals surface area contributed by atoms with Gasteiger partial charge in [0.15, 0.2) is 17.6 Å². The molecule has 1 aromatic carbocycles. The van der Waals surface area contributed by atoms with Crippen molar-refractivity contribution in [2.24, 2.45) is 5.41 Å². The van der Waals surface area contributed by atoms with Gasteiger partial charge in [-0.2, -0.15) is 5.26 Å². The molecule has 3 N–H and O–H groups in total. The number of anilines is 1. The van der Waals surface area contributed by atoms with Crippen molar-refractivity contribution in [2.45, 2.75) is 45.0 Å². The number of ether oxygens (including phenoxy) is 2. The van der Waals surface area contributed by atoms with E-state index in [1.807, 2.05) is 49.1 Å². The molecule has 198 valence electrons. The number of nitrogens with zero attached hydrogens (tertiary/aromatic N) is 4. The van der Waals surface area contributed by atoms with Crippen molar-refractivity contribution in [3.63, 3.8) is 0 Å². The van der Waals surface area contributed by atoms with Crippen LogP contribution in [-0.4, -0.2) is 89.3 Å². The molecular formula is C27H34N4O6. The number of nitriles is 1. The van der Waals surface area contributed by atoms with E-state index in [1.165, 1.54) is 4.90 Å². The standard InChI is InChI=1S/C27H34N4O6/c1-16-5-8-25(29-21(16)10-28)30-11-19(12-30)37-24-9-18(6-7-23(24)36-4)20-13-31(26(35)22(34)14-32)15-27(20,3)17(2)33/h5-9,17,19-20,22,32-34H,11-15H2,1-4H3/t17?,20-,22?,27-/m0/s1. The highest BCUT2D eigenvalue weighted by Crippen LogP contribution is 2.47. The fourth-order valence-electron chi connectivity index (χ4n) is 5.07. The van der Waals surface area contributed by atoms with Crippen LogP contribution in [0.4, 0.5) is 5.82 Å². The first kappa shape index (κ1) is 26.7. The summed E-state index contributed by atoms with van der Waals surface area (Å²) in [5, 5.41) is 39.0. The number of hydrogen-bond donors (Lipinski definition) is 3. The second kappa shape index (κ2) is 10.5. The summed E-state index contributed by atoms with van der Waals surface area (Å²) < 4.78 is 11.8. The van der Waals surface area contributed by atoms with Crippen LogP contribution in [0.15, 0.2) is 30.3 Å². The van der Waals surface area contributed by atoms with E-state index in [2.05, 4.69) is 11.1 Å². The van der Waals surface area contributed by atoms with Gasteiger partial charge in [0, 0.05) is 24.4 Å². The van der Waals surface area contributed by atoms with E-state index < -0.39 is 30.1 Å². The summed E-state index contributed by atoms with van der Waals surface area (Å²) in [6, 6.07) is 11.5. The molecule has 2 fully saturated rings. The number of pyridine rings is 1. The summed E-state index contributed by atoms with van der Waals surface area (Å²) >= 11 is 0. The Morgan fingerprint density at radius 3 is 2.59 bits per heavy atom. The van der Waals surface area contributed by atoms with Crippen LogP contribution in [0.2, 0.25) is 0 Å². The van der Waals surface area contributed by atoms with Gasteiger partial charge in [0.25, 0.3) is 5.91 Å². The van der Waals surface area contributed by atoms with Crippen molar-refractivity contribution < 1.29 is 29.6 Å². The molecule has 3 heterocycles. The average molecular weight is 511 g/mol. The molecule has 0 bridgehead atoms. The minimum Gasteiger partial charge on any atom is -0.493 e. The molecule has 10 nitrogen and oxygen atoms in total. The highest BCUT2D eigenvalue weighted by molar-refractivity contribution is 5.81. The summed E-state index contributed by atoms with van der Waals surface area (Å²) in [5.41, 5.74) is 1.46. The summed E-state index contributed by atoms with van der Waals surface area (Å²) in [6.07, 6.45) is -2.32. The number of benzene rings is 1. The topological polar surface area (TPSA) is 139 Å². The quantitative estimate of drug-likeness (QED) is 0.478. The van der Waals surface area contributed by atoms with Gasteiger partial charge in [0.1, 0.15) is 23.7 Å². The van der Waals surface area contributed by atoms with Crippen LogP contribution in [-0.2, 0) is 4.79 Å². The van der Waals surface area contributed by atoms with E-state index in [-0.39, 0.29) is 18.6 Å². The largest absolute Gasteiger partial charge is 0.493 e. The number of aliphatic hydroxyl groups is 3. The maximum absolute atomic E-state index is 12.6. The molecule has 37 heavy (non-hydrogen) atoms. The molecule has 0 radical (unpaired) electrons. The zero-order valence-electron chi connectivity index (χ0n) is 21.6. The molecule has 0 saturated carbocycles. The van der Waals surface area contributed by atoms with Gasteiger partial charge in [-0.25, -0.2) is 4.98 Å². The maximum atomic E-state index is 12.6. The lowest BCUT2D eigenvalue weighted by Crippen LogP contribution is -2.54. The Bertz CT molecular complexity index is 1190. The highest BCUT2D eigenvalue weighted by atomic mass is 16.5. The predicted molar refractivity (Wildman–Crippen MR) is 136 cm³/mol. The van der Waals surface area contributed by atoms with E-state index in [1.54, 1.807) is 14.0 Å². The van der Waals surface area contributed by atoms with Gasteiger partial charge in [-0.15, -0.1) is 0 Å². The SMILES string of the molecule is COc1ccc([C@@H]2CN(C(=O)C(O)CO)C[C@@]2(C)C(C)O)cc1OC1CN(c2ccc(C)c(C#N)n2)C1. The van der Waals surface area contributed by atoms with Crippen molar-refractivity contribution in [2.75, 3.05) is 44.8 Å². The number of carbonyl (C=O) groups excluding carboxylic acids is 1. The molecule has 4 atom stereocenters. The minimum absolute atomic E-state index is 0.109. The molecule has 1 amide bonds. The monoisotopic (exact) mass is 510 g/mol. The first-order valence-electron chi connectivity index (χ1n) is 12.3. The number of aryl methyl sites for hydroxylation is 1. The van der Waals surface area contributed by atoms with Crippen LogP contribution in [0.5, 0.6) is 11.5 Å². The molecule has 10 heteroatoms. The van der Waals surface area contributed by atoms with Crippen LogP contribution in [0.3, 0.4) is 0 Å². The maximum Gasteiger partial charge on any atom is 0.253 e. The number of aliphatic hydroxyl groups excluding tert-OH is 3.